The summed E-state index contributed by atoms with van der Waals surface area (Å²) in [5, 5.41) is 5.31. The molecule has 6 aromatic rings. The minimum Gasteiger partial charge on any atom is -0.462 e. The summed E-state index contributed by atoms with van der Waals surface area (Å²) >= 11 is 0. The molecule has 54 heavy (non-hydrogen) atoms. The van der Waals surface area contributed by atoms with Crippen LogP contribution < -0.4 is 10.7 Å². The van der Waals surface area contributed by atoms with Crippen molar-refractivity contribution >= 4 is 29.2 Å². The Morgan fingerprint density at radius 2 is 1.50 bits per heavy atom. The summed E-state index contributed by atoms with van der Waals surface area (Å²) in [5.74, 6) is 0.0469. The molecule has 0 aliphatic rings. The monoisotopic (exact) mass is 725 g/mol. The van der Waals surface area contributed by atoms with Crippen LogP contribution in [0.15, 0.2) is 133 Å². The number of anilines is 1. The van der Waals surface area contributed by atoms with Gasteiger partial charge in [0.15, 0.2) is 0 Å². The van der Waals surface area contributed by atoms with Crippen LogP contribution in [0.1, 0.15) is 66.7 Å². The van der Waals surface area contributed by atoms with Crippen LogP contribution >= 0.6 is 0 Å². The zero-order chi connectivity index (χ0) is 38.1. The van der Waals surface area contributed by atoms with E-state index in [2.05, 4.69) is 82.7 Å². The fourth-order valence-corrected chi connectivity index (χ4v) is 6.98. The third-order valence-corrected chi connectivity index (χ3v) is 9.20. The lowest BCUT2D eigenvalue weighted by atomic mass is 9.76. The molecule has 278 valence electrons. The van der Waals surface area contributed by atoms with Crippen molar-refractivity contribution < 1.29 is 19.2 Å². The Kier molecular flexibility index (Phi) is 11.7. The molecule has 0 aliphatic heterocycles. The van der Waals surface area contributed by atoms with E-state index in [9.17, 15) is 14.4 Å². The van der Waals surface area contributed by atoms with Crippen LogP contribution in [0.5, 0.6) is 0 Å². The molecule has 0 aliphatic carbocycles. The molecule has 0 bridgehead atoms. The standard InChI is InChI=1S/C44H47N5O5/c1-5-53-41(52)38-31-47(27-15-28-48(32-50)54-43(2,3)4)39-30-33(22-23-37(39)40(38)51)24-25-45-42-46-26-29-49(42)44(34-16-9-6-10-17-34,35-18-11-7-12-19-35)36-20-13-8-14-21-36/h6-14,16-23,26,29-32H,5,15,24-25,27-28H2,1-4H3,(H,45,46). The first-order valence-electron chi connectivity index (χ1n) is 18.3. The molecule has 0 fully saturated rings. The van der Waals surface area contributed by atoms with Gasteiger partial charge in [0.25, 0.3) is 0 Å². The van der Waals surface area contributed by atoms with Gasteiger partial charge in [0.1, 0.15) is 11.1 Å². The molecule has 2 heterocycles. The number of fused-ring (bicyclic) bond motifs is 1. The largest absolute Gasteiger partial charge is 0.462 e. The molecule has 0 saturated heterocycles. The minimum atomic E-state index is -0.713. The van der Waals surface area contributed by atoms with Gasteiger partial charge in [0.2, 0.25) is 17.8 Å². The Labute approximate surface area is 315 Å². The predicted octanol–water partition coefficient (Wildman–Crippen LogP) is 7.45. The van der Waals surface area contributed by atoms with Crippen molar-refractivity contribution in [3.63, 3.8) is 0 Å². The van der Waals surface area contributed by atoms with Gasteiger partial charge < -0.3 is 14.6 Å². The number of nitrogens with zero attached hydrogens (tertiary/aromatic N) is 4. The van der Waals surface area contributed by atoms with Crippen molar-refractivity contribution in [3.05, 3.63) is 166 Å². The maximum absolute atomic E-state index is 13.5. The number of aromatic nitrogens is 3. The summed E-state index contributed by atoms with van der Waals surface area (Å²) in [6, 6.07) is 37.1. The first-order valence-corrected chi connectivity index (χ1v) is 18.3. The van der Waals surface area contributed by atoms with Crippen LogP contribution in [0.2, 0.25) is 0 Å². The number of aryl methyl sites for hydroxylation is 1. The summed E-state index contributed by atoms with van der Waals surface area (Å²) in [4.78, 5) is 48.6. The molecular weight excluding hydrogens is 679 g/mol. The highest BCUT2D eigenvalue weighted by molar-refractivity contribution is 5.94. The normalized spacial score (nSPS) is 11.7. The number of hydrogen-bond acceptors (Lipinski definition) is 7. The van der Waals surface area contributed by atoms with Gasteiger partial charge in [-0.05, 0) is 74.9 Å². The topological polar surface area (TPSA) is 108 Å². The average molecular weight is 726 g/mol. The summed E-state index contributed by atoms with van der Waals surface area (Å²) in [6.45, 7) is 8.80. The SMILES string of the molecule is CCOC(=O)c1cn(CCCN(C=O)OC(C)(C)C)c2cc(CCNc3nccn3C(c3ccccc3)(c3ccccc3)c3ccccc3)ccc2c1=O. The number of pyridine rings is 1. The summed E-state index contributed by atoms with van der Waals surface area (Å²) in [6.07, 6.45) is 7.22. The fraction of sp³-hybridized carbons (Fsp3) is 0.273. The van der Waals surface area contributed by atoms with Gasteiger partial charge >= 0.3 is 5.97 Å². The molecule has 0 unspecified atom stereocenters. The Morgan fingerprint density at radius 1 is 0.889 bits per heavy atom. The van der Waals surface area contributed by atoms with Crippen molar-refractivity contribution in [3.8, 4) is 0 Å². The minimum absolute atomic E-state index is 0.0254. The molecule has 6 rings (SSSR count). The maximum Gasteiger partial charge on any atom is 0.343 e. The van der Waals surface area contributed by atoms with Gasteiger partial charge in [-0.3, -0.25) is 19.0 Å². The quantitative estimate of drug-likeness (QED) is 0.0478. The Morgan fingerprint density at radius 3 is 2.06 bits per heavy atom. The number of imidazole rings is 1. The number of esters is 1. The van der Waals surface area contributed by atoms with E-state index < -0.39 is 17.1 Å². The lowest BCUT2D eigenvalue weighted by Crippen LogP contribution is -2.38. The van der Waals surface area contributed by atoms with E-state index in [1.807, 2.05) is 68.1 Å². The van der Waals surface area contributed by atoms with Crippen LogP contribution in [0.4, 0.5) is 5.95 Å². The van der Waals surface area contributed by atoms with Gasteiger partial charge in [-0.2, -0.15) is 0 Å². The molecule has 4 aromatic carbocycles. The number of benzene rings is 4. The summed E-state index contributed by atoms with van der Waals surface area (Å²) < 4.78 is 9.31. The van der Waals surface area contributed by atoms with Crippen molar-refractivity contribution in [2.24, 2.45) is 0 Å². The zero-order valence-electron chi connectivity index (χ0n) is 31.3. The van der Waals surface area contributed by atoms with E-state index in [1.165, 1.54) is 5.06 Å². The second kappa shape index (κ2) is 16.8. The third kappa shape index (κ3) is 8.14. The van der Waals surface area contributed by atoms with Crippen LogP contribution in [0.25, 0.3) is 10.9 Å². The van der Waals surface area contributed by atoms with E-state index in [-0.39, 0.29) is 17.6 Å². The number of carbonyl (C=O) groups excluding carboxylic acids is 2. The highest BCUT2D eigenvalue weighted by atomic mass is 16.7. The number of hydrogen-bond donors (Lipinski definition) is 1. The summed E-state index contributed by atoms with van der Waals surface area (Å²) in [7, 11) is 0. The number of nitrogens with one attached hydrogen (secondary N) is 1. The van der Waals surface area contributed by atoms with Crippen LogP contribution in [0, 0.1) is 0 Å². The van der Waals surface area contributed by atoms with Crippen LogP contribution in [-0.2, 0) is 32.9 Å². The van der Waals surface area contributed by atoms with E-state index in [0.29, 0.717) is 55.7 Å². The smallest absolute Gasteiger partial charge is 0.343 e. The Hall–Kier alpha value is -6.00. The van der Waals surface area contributed by atoms with Gasteiger partial charge in [-0.1, -0.05) is 97.1 Å². The molecular formula is C44H47N5O5. The van der Waals surface area contributed by atoms with E-state index in [1.54, 1.807) is 19.2 Å². The molecule has 10 heteroatoms. The zero-order valence-corrected chi connectivity index (χ0v) is 31.3. The second-order valence-electron chi connectivity index (χ2n) is 14.0. The van der Waals surface area contributed by atoms with Crippen molar-refractivity contribution in [2.75, 3.05) is 25.0 Å². The highest BCUT2D eigenvalue weighted by Gasteiger charge is 2.39. The molecule has 2 aromatic heterocycles. The molecule has 10 nitrogen and oxygen atoms in total. The predicted molar refractivity (Wildman–Crippen MR) is 211 cm³/mol. The van der Waals surface area contributed by atoms with Gasteiger partial charge in [0.05, 0.1) is 24.3 Å². The van der Waals surface area contributed by atoms with Crippen molar-refractivity contribution in [1.82, 2.24) is 19.2 Å². The van der Waals surface area contributed by atoms with Gasteiger partial charge in [-0.15, -0.1) is 0 Å². The molecule has 0 atom stereocenters. The number of amides is 1. The van der Waals surface area contributed by atoms with Crippen LogP contribution in [-0.4, -0.2) is 56.9 Å². The summed E-state index contributed by atoms with van der Waals surface area (Å²) in [5.41, 5.74) is 3.33. The van der Waals surface area contributed by atoms with Gasteiger partial charge in [-0.25, -0.2) is 14.8 Å². The maximum atomic E-state index is 13.5. The molecule has 1 amide bonds. The molecule has 0 spiro atoms. The highest BCUT2D eigenvalue weighted by Crippen LogP contribution is 2.42. The second-order valence-corrected chi connectivity index (χ2v) is 14.0. The van der Waals surface area contributed by atoms with E-state index in [4.69, 9.17) is 14.6 Å². The fourth-order valence-electron chi connectivity index (χ4n) is 6.98. The first kappa shape index (κ1) is 37.7. The number of rotatable bonds is 16. The molecule has 0 radical (unpaired) electrons. The lowest BCUT2D eigenvalue weighted by molar-refractivity contribution is -0.216. The van der Waals surface area contributed by atoms with Gasteiger partial charge in [0, 0.05) is 37.1 Å². The number of carbonyl (C=O) groups is 2. The van der Waals surface area contributed by atoms with Crippen molar-refractivity contribution in [1.29, 1.82) is 0 Å². The third-order valence-electron chi connectivity index (χ3n) is 9.20. The van der Waals surface area contributed by atoms with E-state index in [0.717, 1.165) is 22.3 Å². The average Bonchev–Trinajstić information content (AvgIpc) is 3.65. The Balaban J connectivity index is 1.31. The van der Waals surface area contributed by atoms with Crippen molar-refractivity contribution in [2.45, 2.75) is 58.2 Å². The van der Waals surface area contributed by atoms with Crippen LogP contribution in [0.3, 0.4) is 0 Å². The molecule has 1 N–H and O–H groups in total. The lowest BCUT2D eigenvalue weighted by Gasteiger charge is -2.38. The number of hydroxylamine groups is 2. The Bertz CT molecular complexity index is 2130. The van der Waals surface area contributed by atoms with E-state index >= 15 is 0 Å². The molecule has 0 saturated carbocycles. The first-order chi connectivity index (χ1) is 26.2. The number of ether oxygens (including phenoxy) is 1.